The standard InChI is InChI=1S/C18H22N2O2/c1-3-10-19-13-8-9-17-15(11-18(21)22-2)14-6-4-5-7-16(14)20(17)12-13/h3-7,13,19H,1,8-12H2,2H3. The maximum Gasteiger partial charge on any atom is 0.310 e. The van der Waals surface area contributed by atoms with Gasteiger partial charge in [-0.25, -0.2) is 0 Å². The largest absolute Gasteiger partial charge is 0.469 e. The van der Waals surface area contributed by atoms with Crippen LogP contribution in [0.1, 0.15) is 17.7 Å². The third-order valence-corrected chi connectivity index (χ3v) is 4.43. The average Bonchev–Trinajstić information content (AvgIpc) is 2.86. The molecule has 1 aliphatic heterocycles. The van der Waals surface area contributed by atoms with Crippen LogP contribution in [0.4, 0.5) is 0 Å². The SMILES string of the molecule is C=CCNC1CCc2c(CC(=O)OC)c3ccccc3n2C1. The van der Waals surface area contributed by atoms with Gasteiger partial charge in [-0.15, -0.1) is 6.58 Å². The van der Waals surface area contributed by atoms with Gasteiger partial charge in [-0.1, -0.05) is 24.3 Å². The van der Waals surface area contributed by atoms with E-state index in [0.717, 1.165) is 31.5 Å². The van der Waals surface area contributed by atoms with Gasteiger partial charge in [-0.05, 0) is 24.5 Å². The number of ether oxygens (including phenoxy) is 1. The number of carbonyl (C=O) groups excluding carboxylic acids is 1. The van der Waals surface area contributed by atoms with Gasteiger partial charge in [0.2, 0.25) is 0 Å². The second-order valence-corrected chi connectivity index (χ2v) is 5.74. The van der Waals surface area contributed by atoms with Gasteiger partial charge in [0.05, 0.1) is 13.5 Å². The zero-order valence-corrected chi connectivity index (χ0v) is 13.0. The molecule has 1 unspecified atom stereocenters. The van der Waals surface area contributed by atoms with E-state index in [2.05, 4.69) is 34.7 Å². The Morgan fingerprint density at radius 2 is 2.32 bits per heavy atom. The predicted molar refractivity (Wildman–Crippen MR) is 88.0 cm³/mol. The Labute approximate surface area is 130 Å². The minimum absolute atomic E-state index is 0.175. The summed E-state index contributed by atoms with van der Waals surface area (Å²) in [7, 11) is 1.45. The third-order valence-electron chi connectivity index (χ3n) is 4.43. The second kappa shape index (κ2) is 6.36. The molecule has 1 aromatic heterocycles. The molecule has 116 valence electrons. The first-order valence-electron chi connectivity index (χ1n) is 7.74. The fraction of sp³-hybridized carbons (Fsp3) is 0.389. The van der Waals surface area contributed by atoms with Gasteiger partial charge in [0.1, 0.15) is 0 Å². The smallest absolute Gasteiger partial charge is 0.310 e. The summed E-state index contributed by atoms with van der Waals surface area (Å²) in [5.41, 5.74) is 3.62. The first-order valence-corrected chi connectivity index (χ1v) is 7.74. The highest BCUT2D eigenvalue weighted by atomic mass is 16.5. The number of nitrogens with zero attached hydrogens (tertiary/aromatic N) is 1. The lowest BCUT2D eigenvalue weighted by Crippen LogP contribution is -2.37. The van der Waals surface area contributed by atoms with Crippen molar-refractivity contribution in [3.63, 3.8) is 0 Å². The zero-order valence-electron chi connectivity index (χ0n) is 13.0. The van der Waals surface area contributed by atoms with E-state index in [0.29, 0.717) is 12.5 Å². The molecular weight excluding hydrogens is 276 g/mol. The van der Waals surface area contributed by atoms with Crippen molar-refractivity contribution < 1.29 is 9.53 Å². The summed E-state index contributed by atoms with van der Waals surface area (Å²) in [6.07, 6.45) is 4.31. The third kappa shape index (κ3) is 2.66. The summed E-state index contributed by atoms with van der Waals surface area (Å²) in [6, 6.07) is 8.77. The van der Waals surface area contributed by atoms with Gasteiger partial charge in [0.25, 0.3) is 0 Å². The maximum absolute atomic E-state index is 11.8. The van der Waals surface area contributed by atoms with Crippen LogP contribution in [0.5, 0.6) is 0 Å². The fourth-order valence-corrected chi connectivity index (χ4v) is 3.38. The Morgan fingerprint density at radius 3 is 3.09 bits per heavy atom. The molecule has 1 aliphatic rings. The van der Waals surface area contributed by atoms with Crippen LogP contribution in [-0.4, -0.2) is 30.2 Å². The molecule has 2 aromatic rings. The molecule has 0 saturated carbocycles. The Kier molecular flexibility index (Phi) is 4.29. The summed E-state index contributed by atoms with van der Waals surface area (Å²) in [5, 5.41) is 4.68. The fourth-order valence-electron chi connectivity index (χ4n) is 3.38. The molecule has 0 aliphatic carbocycles. The van der Waals surface area contributed by atoms with Crippen molar-refractivity contribution in [3.05, 3.63) is 48.2 Å². The molecule has 1 aromatic carbocycles. The number of hydrogen-bond acceptors (Lipinski definition) is 3. The van der Waals surface area contributed by atoms with E-state index in [4.69, 9.17) is 4.74 Å². The molecule has 0 amide bonds. The number of methoxy groups -OCH3 is 1. The number of esters is 1. The monoisotopic (exact) mass is 298 g/mol. The normalized spacial score (nSPS) is 17.2. The Balaban J connectivity index is 2.00. The molecule has 3 rings (SSSR count). The van der Waals surface area contributed by atoms with Gasteiger partial charge in [-0.2, -0.15) is 0 Å². The number of para-hydroxylation sites is 1. The lowest BCUT2D eigenvalue weighted by molar-refractivity contribution is -0.139. The maximum atomic E-state index is 11.8. The molecule has 4 nitrogen and oxygen atoms in total. The van der Waals surface area contributed by atoms with Crippen molar-refractivity contribution in [1.29, 1.82) is 0 Å². The average molecular weight is 298 g/mol. The number of rotatable bonds is 5. The summed E-state index contributed by atoms with van der Waals surface area (Å²) in [6.45, 7) is 5.53. The summed E-state index contributed by atoms with van der Waals surface area (Å²) in [4.78, 5) is 11.8. The highest BCUT2D eigenvalue weighted by Crippen LogP contribution is 2.31. The van der Waals surface area contributed by atoms with Gasteiger partial charge in [0.15, 0.2) is 0 Å². The van der Waals surface area contributed by atoms with Crippen LogP contribution in [-0.2, 0) is 28.9 Å². The number of aromatic nitrogens is 1. The van der Waals surface area contributed by atoms with Crippen molar-refractivity contribution in [2.75, 3.05) is 13.7 Å². The van der Waals surface area contributed by atoms with Crippen LogP contribution in [0.25, 0.3) is 10.9 Å². The van der Waals surface area contributed by atoms with Crippen LogP contribution in [0.3, 0.4) is 0 Å². The van der Waals surface area contributed by atoms with Gasteiger partial charge in [-0.3, -0.25) is 4.79 Å². The van der Waals surface area contributed by atoms with Gasteiger partial charge < -0.3 is 14.6 Å². The van der Waals surface area contributed by atoms with E-state index in [1.165, 1.54) is 23.7 Å². The van der Waals surface area contributed by atoms with E-state index in [1.807, 2.05) is 12.1 Å². The van der Waals surface area contributed by atoms with Gasteiger partial charge >= 0.3 is 5.97 Å². The molecule has 0 saturated heterocycles. The number of fused-ring (bicyclic) bond motifs is 3. The van der Waals surface area contributed by atoms with Crippen LogP contribution in [0, 0.1) is 0 Å². The lowest BCUT2D eigenvalue weighted by atomic mass is 10.00. The lowest BCUT2D eigenvalue weighted by Gasteiger charge is -2.26. The van der Waals surface area contributed by atoms with Crippen molar-refractivity contribution >= 4 is 16.9 Å². The van der Waals surface area contributed by atoms with Crippen molar-refractivity contribution in [2.45, 2.75) is 31.8 Å². The number of nitrogens with one attached hydrogen (secondary N) is 1. The van der Waals surface area contributed by atoms with E-state index >= 15 is 0 Å². The van der Waals surface area contributed by atoms with Crippen molar-refractivity contribution in [2.24, 2.45) is 0 Å². The Bertz CT molecular complexity index is 702. The molecule has 22 heavy (non-hydrogen) atoms. The minimum atomic E-state index is -0.175. The quantitative estimate of drug-likeness (QED) is 0.681. The second-order valence-electron chi connectivity index (χ2n) is 5.74. The van der Waals surface area contributed by atoms with Crippen LogP contribution in [0.2, 0.25) is 0 Å². The zero-order chi connectivity index (χ0) is 15.5. The molecule has 1 atom stereocenters. The predicted octanol–water partition coefficient (Wildman–Crippen LogP) is 2.45. The van der Waals surface area contributed by atoms with Crippen LogP contribution >= 0.6 is 0 Å². The highest BCUT2D eigenvalue weighted by molar-refractivity contribution is 5.89. The molecule has 0 radical (unpaired) electrons. The van der Waals surface area contributed by atoms with Gasteiger partial charge in [0, 0.05) is 35.7 Å². The molecule has 4 heteroatoms. The molecule has 0 fully saturated rings. The van der Waals surface area contributed by atoms with E-state index < -0.39 is 0 Å². The Morgan fingerprint density at radius 1 is 1.50 bits per heavy atom. The summed E-state index contributed by atoms with van der Waals surface area (Å²) < 4.78 is 7.23. The number of benzene rings is 1. The molecule has 0 bridgehead atoms. The van der Waals surface area contributed by atoms with Crippen LogP contribution in [0.15, 0.2) is 36.9 Å². The molecule has 2 heterocycles. The highest BCUT2D eigenvalue weighted by Gasteiger charge is 2.25. The number of hydrogen-bond donors (Lipinski definition) is 1. The van der Waals surface area contributed by atoms with Crippen molar-refractivity contribution in [3.8, 4) is 0 Å². The van der Waals surface area contributed by atoms with Crippen LogP contribution < -0.4 is 5.32 Å². The number of carbonyl (C=O) groups is 1. The first-order chi connectivity index (χ1) is 10.7. The topological polar surface area (TPSA) is 43.3 Å². The summed E-state index contributed by atoms with van der Waals surface area (Å²) in [5.74, 6) is -0.175. The van der Waals surface area contributed by atoms with E-state index in [1.54, 1.807) is 0 Å². The first kappa shape index (κ1) is 14.9. The minimum Gasteiger partial charge on any atom is -0.469 e. The van der Waals surface area contributed by atoms with Crippen molar-refractivity contribution in [1.82, 2.24) is 9.88 Å². The molecular formula is C18H22N2O2. The van der Waals surface area contributed by atoms with E-state index in [9.17, 15) is 4.79 Å². The Hall–Kier alpha value is -2.07. The van der Waals surface area contributed by atoms with E-state index in [-0.39, 0.29) is 5.97 Å². The molecule has 0 spiro atoms. The summed E-state index contributed by atoms with van der Waals surface area (Å²) >= 11 is 0. The molecule has 1 N–H and O–H groups in total.